The number of hydrogen-bond acceptors (Lipinski definition) is 3. The quantitative estimate of drug-likeness (QED) is 0.648. The minimum Gasteiger partial charge on any atom is -0.494 e. The Kier molecular flexibility index (Phi) is 5.55. The number of fused-ring (bicyclic) bond motifs is 1. The summed E-state index contributed by atoms with van der Waals surface area (Å²) in [5.41, 5.74) is 3.08. The number of amides is 1. The third-order valence-corrected chi connectivity index (χ3v) is 4.94. The molecule has 3 aromatic rings. The van der Waals surface area contributed by atoms with Crippen molar-refractivity contribution in [3.05, 3.63) is 58.4 Å². The Morgan fingerprint density at radius 1 is 1.27 bits per heavy atom. The average Bonchev–Trinajstić information content (AvgIpc) is 2.93. The summed E-state index contributed by atoms with van der Waals surface area (Å²) in [6.07, 6.45) is 5.74. The van der Waals surface area contributed by atoms with E-state index in [1.807, 2.05) is 54.8 Å². The SMILES string of the molecule is C#CCn1c(=NC(=O)Cc2ccc(OCC)cc2)sc2cc(C)ccc21. The van der Waals surface area contributed by atoms with Gasteiger partial charge in [0.15, 0.2) is 4.80 Å². The van der Waals surface area contributed by atoms with Crippen LogP contribution in [0.4, 0.5) is 0 Å². The number of nitrogens with zero attached hydrogens (tertiary/aromatic N) is 2. The number of terminal acetylenes is 1. The second-order valence-corrected chi connectivity index (χ2v) is 6.91. The second kappa shape index (κ2) is 8.03. The standard InChI is InChI=1S/C21H20N2O2S/c1-4-12-23-18-11-6-15(3)13-19(18)26-21(23)22-20(24)14-16-7-9-17(10-8-16)25-5-2/h1,6-11,13H,5,12,14H2,2-3H3. The predicted molar refractivity (Wildman–Crippen MR) is 105 cm³/mol. The maximum atomic E-state index is 12.4. The van der Waals surface area contributed by atoms with Crippen LogP contribution in [-0.4, -0.2) is 17.1 Å². The molecule has 132 valence electrons. The van der Waals surface area contributed by atoms with E-state index in [1.54, 1.807) is 0 Å². The Balaban J connectivity index is 1.89. The smallest absolute Gasteiger partial charge is 0.252 e. The number of ether oxygens (including phenoxy) is 1. The summed E-state index contributed by atoms with van der Waals surface area (Å²) in [6.45, 7) is 4.99. The average molecular weight is 364 g/mol. The molecule has 1 amide bonds. The van der Waals surface area contributed by atoms with Gasteiger partial charge < -0.3 is 9.30 Å². The van der Waals surface area contributed by atoms with Gasteiger partial charge in [0.2, 0.25) is 0 Å². The van der Waals surface area contributed by atoms with E-state index in [-0.39, 0.29) is 12.3 Å². The molecular weight excluding hydrogens is 344 g/mol. The van der Waals surface area contributed by atoms with Crippen molar-refractivity contribution in [1.82, 2.24) is 4.57 Å². The highest BCUT2D eigenvalue weighted by atomic mass is 32.1. The maximum absolute atomic E-state index is 12.4. The molecule has 5 heteroatoms. The van der Waals surface area contributed by atoms with Gasteiger partial charge in [0, 0.05) is 0 Å². The molecule has 0 atom stereocenters. The van der Waals surface area contributed by atoms with E-state index < -0.39 is 0 Å². The first-order valence-corrected chi connectivity index (χ1v) is 9.25. The van der Waals surface area contributed by atoms with Crippen LogP contribution in [0.15, 0.2) is 47.5 Å². The number of thiazole rings is 1. The molecule has 3 rings (SSSR count). The van der Waals surface area contributed by atoms with Gasteiger partial charge in [-0.05, 0) is 49.2 Å². The van der Waals surface area contributed by atoms with Crippen LogP contribution in [0, 0.1) is 19.3 Å². The molecule has 0 aliphatic carbocycles. The Labute approximate surface area is 156 Å². The van der Waals surface area contributed by atoms with E-state index >= 15 is 0 Å². The van der Waals surface area contributed by atoms with Gasteiger partial charge in [-0.1, -0.05) is 35.5 Å². The predicted octanol–water partition coefficient (Wildman–Crippen LogP) is 3.71. The molecule has 26 heavy (non-hydrogen) atoms. The van der Waals surface area contributed by atoms with Crippen LogP contribution in [0.5, 0.6) is 5.75 Å². The van der Waals surface area contributed by atoms with Crippen molar-refractivity contribution in [2.24, 2.45) is 4.99 Å². The van der Waals surface area contributed by atoms with Crippen molar-refractivity contribution in [1.29, 1.82) is 0 Å². The normalized spacial score (nSPS) is 11.5. The lowest BCUT2D eigenvalue weighted by atomic mass is 10.1. The monoisotopic (exact) mass is 364 g/mol. The van der Waals surface area contributed by atoms with Crippen molar-refractivity contribution in [2.45, 2.75) is 26.8 Å². The van der Waals surface area contributed by atoms with Gasteiger partial charge in [-0.3, -0.25) is 4.79 Å². The molecule has 0 saturated carbocycles. The lowest BCUT2D eigenvalue weighted by Crippen LogP contribution is -2.17. The first-order valence-electron chi connectivity index (χ1n) is 8.43. The zero-order valence-electron chi connectivity index (χ0n) is 14.9. The van der Waals surface area contributed by atoms with E-state index in [4.69, 9.17) is 11.2 Å². The zero-order valence-corrected chi connectivity index (χ0v) is 15.7. The van der Waals surface area contributed by atoms with Gasteiger partial charge in [0.1, 0.15) is 5.75 Å². The van der Waals surface area contributed by atoms with Crippen molar-refractivity contribution < 1.29 is 9.53 Å². The summed E-state index contributed by atoms with van der Waals surface area (Å²) in [5, 5.41) is 0. The summed E-state index contributed by atoms with van der Waals surface area (Å²) in [6, 6.07) is 13.7. The van der Waals surface area contributed by atoms with Crippen LogP contribution in [0.3, 0.4) is 0 Å². The molecule has 0 radical (unpaired) electrons. The molecule has 0 N–H and O–H groups in total. The first kappa shape index (κ1) is 18.0. The molecule has 0 spiro atoms. The number of rotatable bonds is 5. The minimum absolute atomic E-state index is 0.191. The van der Waals surface area contributed by atoms with Crippen LogP contribution >= 0.6 is 11.3 Å². The van der Waals surface area contributed by atoms with Gasteiger partial charge >= 0.3 is 0 Å². The minimum atomic E-state index is -0.191. The van der Waals surface area contributed by atoms with E-state index in [0.717, 1.165) is 21.5 Å². The van der Waals surface area contributed by atoms with Crippen molar-refractivity contribution in [2.75, 3.05) is 6.61 Å². The largest absolute Gasteiger partial charge is 0.494 e. The van der Waals surface area contributed by atoms with Crippen molar-refractivity contribution >= 4 is 27.5 Å². The molecule has 1 aromatic heterocycles. The van der Waals surface area contributed by atoms with Gasteiger partial charge in [0.25, 0.3) is 5.91 Å². The highest BCUT2D eigenvalue weighted by Crippen LogP contribution is 2.19. The van der Waals surface area contributed by atoms with Crippen LogP contribution in [0.1, 0.15) is 18.1 Å². The molecule has 0 aliphatic heterocycles. The molecule has 0 aliphatic rings. The summed E-state index contributed by atoms with van der Waals surface area (Å²) in [4.78, 5) is 17.4. The maximum Gasteiger partial charge on any atom is 0.252 e. The van der Waals surface area contributed by atoms with E-state index in [2.05, 4.69) is 17.0 Å². The molecule has 0 bridgehead atoms. The topological polar surface area (TPSA) is 43.6 Å². The first-order chi connectivity index (χ1) is 12.6. The fraction of sp³-hybridized carbons (Fsp3) is 0.238. The van der Waals surface area contributed by atoms with Gasteiger partial charge in [-0.15, -0.1) is 6.42 Å². The number of aromatic nitrogens is 1. The van der Waals surface area contributed by atoms with Crippen LogP contribution < -0.4 is 9.54 Å². The summed E-state index contributed by atoms with van der Waals surface area (Å²) < 4.78 is 8.41. The molecule has 0 saturated heterocycles. The Bertz CT molecular complexity index is 1040. The van der Waals surface area contributed by atoms with Gasteiger partial charge in [-0.25, -0.2) is 0 Å². The fourth-order valence-corrected chi connectivity index (χ4v) is 3.85. The lowest BCUT2D eigenvalue weighted by Gasteiger charge is -2.03. The van der Waals surface area contributed by atoms with E-state index in [9.17, 15) is 4.79 Å². The Morgan fingerprint density at radius 2 is 2.04 bits per heavy atom. The molecule has 0 unspecified atom stereocenters. The van der Waals surface area contributed by atoms with Gasteiger partial charge in [0.05, 0.1) is 29.8 Å². The van der Waals surface area contributed by atoms with E-state index in [1.165, 1.54) is 16.9 Å². The Hall–Kier alpha value is -2.84. The van der Waals surface area contributed by atoms with Gasteiger partial charge in [-0.2, -0.15) is 4.99 Å². The zero-order chi connectivity index (χ0) is 18.5. The van der Waals surface area contributed by atoms with Crippen molar-refractivity contribution in [3.63, 3.8) is 0 Å². The molecule has 2 aromatic carbocycles. The fourth-order valence-electron chi connectivity index (χ4n) is 2.70. The van der Waals surface area contributed by atoms with Crippen LogP contribution in [0.2, 0.25) is 0 Å². The third kappa shape index (κ3) is 4.04. The highest BCUT2D eigenvalue weighted by molar-refractivity contribution is 7.16. The second-order valence-electron chi connectivity index (χ2n) is 5.91. The number of carbonyl (C=O) groups excluding carboxylic acids is 1. The molecule has 4 nitrogen and oxygen atoms in total. The lowest BCUT2D eigenvalue weighted by molar-refractivity contribution is -0.117. The number of benzene rings is 2. The highest BCUT2D eigenvalue weighted by Gasteiger charge is 2.08. The number of hydrogen-bond donors (Lipinski definition) is 0. The summed E-state index contributed by atoms with van der Waals surface area (Å²) >= 11 is 1.49. The number of aryl methyl sites for hydroxylation is 1. The van der Waals surface area contributed by atoms with E-state index in [0.29, 0.717) is 18.0 Å². The summed E-state index contributed by atoms with van der Waals surface area (Å²) in [5.74, 6) is 3.25. The molecule has 1 heterocycles. The number of carbonyl (C=O) groups is 1. The van der Waals surface area contributed by atoms with Crippen molar-refractivity contribution in [3.8, 4) is 18.1 Å². The third-order valence-electron chi connectivity index (χ3n) is 3.90. The summed E-state index contributed by atoms with van der Waals surface area (Å²) in [7, 11) is 0. The molecular formula is C21H20N2O2S. The van der Waals surface area contributed by atoms with Crippen LogP contribution in [-0.2, 0) is 17.8 Å². The van der Waals surface area contributed by atoms with Crippen LogP contribution in [0.25, 0.3) is 10.2 Å². The molecule has 0 fully saturated rings. The Morgan fingerprint density at radius 3 is 2.73 bits per heavy atom.